The average molecular weight is 499 g/mol. The molecule has 0 bridgehead atoms. The van der Waals surface area contributed by atoms with Crippen LogP contribution in [0.4, 0.5) is 5.82 Å². The fourth-order valence-corrected chi connectivity index (χ4v) is 5.06. The Morgan fingerprint density at radius 3 is 2.62 bits per heavy atom. The Balaban J connectivity index is 1.80. The van der Waals surface area contributed by atoms with Crippen molar-refractivity contribution in [1.82, 2.24) is 19.0 Å². The zero-order valence-corrected chi connectivity index (χ0v) is 20.7. The number of likely N-dealkylation sites (N-methyl/N-ethyl adjacent to an activating group) is 1. The van der Waals surface area contributed by atoms with Crippen LogP contribution in [0.1, 0.15) is 24.0 Å². The second-order valence-corrected chi connectivity index (χ2v) is 9.77. The Bertz CT molecular complexity index is 1300. The smallest absolute Gasteiger partial charge is 0.332 e. The highest BCUT2D eigenvalue weighted by atomic mass is 35.5. The molecule has 8 nitrogen and oxygen atoms in total. The predicted octanol–water partition coefficient (Wildman–Crippen LogP) is 3.01. The Morgan fingerprint density at radius 2 is 1.97 bits per heavy atom. The number of pyridine rings is 1. The van der Waals surface area contributed by atoms with Gasteiger partial charge in [-0.15, -0.1) is 0 Å². The molecule has 0 saturated carbocycles. The zero-order chi connectivity index (χ0) is 24.2. The summed E-state index contributed by atoms with van der Waals surface area (Å²) < 4.78 is 2.62. The fraction of sp³-hybridized carbons (Fsp3) is 0.333. The lowest BCUT2D eigenvalue weighted by Crippen LogP contribution is -2.45. The Morgan fingerprint density at radius 1 is 1.21 bits per heavy atom. The van der Waals surface area contributed by atoms with E-state index in [1.165, 1.54) is 23.4 Å². The number of nitrogen functional groups attached to an aromatic ring is 1. The van der Waals surface area contributed by atoms with Gasteiger partial charge in [0.05, 0.1) is 6.54 Å². The van der Waals surface area contributed by atoms with Crippen LogP contribution in [0, 0.1) is 0 Å². The number of rotatable bonds is 6. The largest absolute Gasteiger partial charge is 0.384 e. The van der Waals surface area contributed by atoms with Crippen LogP contribution in [-0.4, -0.2) is 43.7 Å². The number of anilines is 1. The number of thioether (sulfide) groups is 1. The van der Waals surface area contributed by atoms with Crippen molar-refractivity contribution >= 4 is 34.2 Å². The summed E-state index contributed by atoms with van der Waals surface area (Å²) in [5, 5.41) is 0.849. The van der Waals surface area contributed by atoms with Gasteiger partial charge in [-0.25, -0.2) is 9.78 Å². The predicted molar refractivity (Wildman–Crippen MR) is 138 cm³/mol. The molecule has 0 spiro atoms. The lowest BCUT2D eigenvalue weighted by molar-refractivity contribution is 0.278. The molecule has 1 aromatic carbocycles. The summed E-state index contributed by atoms with van der Waals surface area (Å²) >= 11 is 7.24. The molecular formula is C24H27ClN6O2S. The Labute approximate surface area is 207 Å². The third-order valence-electron chi connectivity index (χ3n) is 6.01. The molecule has 3 aromatic rings. The number of aliphatic imine (C=N–C) groups is 1. The van der Waals surface area contributed by atoms with Gasteiger partial charge < -0.3 is 10.6 Å². The van der Waals surface area contributed by atoms with Crippen molar-refractivity contribution in [2.45, 2.75) is 36.9 Å². The van der Waals surface area contributed by atoms with Gasteiger partial charge in [0.2, 0.25) is 0 Å². The summed E-state index contributed by atoms with van der Waals surface area (Å²) in [5.74, 6) is 0.143. The third kappa shape index (κ3) is 5.27. The van der Waals surface area contributed by atoms with Crippen LogP contribution in [0.2, 0.25) is 5.15 Å². The number of halogens is 1. The topological polar surface area (TPSA) is 98.5 Å². The highest BCUT2D eigenvalue weighted by molar-refractivity contribution is 8.14. The molecule has 1 aliphatic heterocycles. The lowest BCUT2D eigenvalue weighted by Gasteiger charge is -2.23. The molecule has 0 amide bonds. The summed E-state index contributed by atoms with van der Waals surface area (Å²) in [4.78, 5) is 38.3. The van der Waals surface area contributed by atoms with E-state index < -0.39 is 11.2 Å². The number of aromatic nitrogens is 3. The van der Waals surface area contributed by atoms with Crippen LogP contribution < -0.4 is 17.0 Å². The first kappa shape index (κ1) is 24.3. The summed E-state index contributed by atoms with van der Waals surface area (Å²) in [5.41, 5.74) is 6.72. The van der Waals surface area contributed by atoms with Crippen molar-refractivity contribution in [3.05, 3.63) is 85.8 Å². The first-order chi connectivity index (χ1) is 16.3. The van der Waals surface area contributed by atoms with Crippen molar-refractivity contribution in [2.75, 3.05) is 19.3 Å². The van der Waals surface area contributed by atoms with Gasteiger partial charge in [0.1, 0.15) is 21.6 Å². The molecule has 34 heavy (non-hydrogen) atoms. The molecule has 1 aliphatic rings. The van der Waals surface area contributed by atoms with E-state index in [9.17, 15) is 9.59 Å². The zero-order valence-electron chi connectivity index (χ0n) is 19.1. The van der Waals surface area contributed by atoms with Gasteiger partial charge in [-0.2, -0.15) is 0 Å². The van der Waals surface area contributed by atoms with E-state index in [0.29, 0.717) is 16.7 Å². The molecule has 178 valence electrons. The van der Waals surface area contributed by atoms with Gasteiger partial charge in [0.25, 0.3) is 5.56 Å². The van der Waals surface area contributed by atoms with Crippen molar-refractivity contribution in [1.29, 1.82) is 0 Å². The van der Waals surface area contributed by atoms with E-state index in [1.807, 2.05) is 43.4 Å². The first-order valence-corrected chi connectivity index (χ1v) is 12.2. The minimum absolute atomic E-state index is 0.143. The molecule has 2 N–H and O–H groups in total. The van der Waals surface area contributed by atoms with Gasteiger partial charge in [0.15, 0.2) is 0 Å². The monoisotopic (exact) mass is 498 g/mol. The highest BCUT2D eigenvalue weighted by Crippen LogP contribution is 2.26. The summed E-state index contributed by atoms with van der Waals surface area (Å²) in [7, 11) is 3.52. The number of likely N-dealkylation sites (tertiary alicyclic amines) is 1. The summed E-state index contributed by atoms with van der Waals surface area (Å²) in [6.07, 6.45) is 3.69. The standard InChI is InChI=1S/C24H27ClN6O2S/c1-29-12-6-7-17(29)15-31-21(26)20(23(32)30(2)24(31)33)22(34-18-8-4-3-5-9-18)28-14-16-10-11-19(25)27-13-16/h3-5,8-11,13,17H,6-7,12,14-15,26H2,1-2H3. The number of nitrogens with two attached hydrogens (primary N) is 1. The van der Waals surface area contributed by atoms with E-state index in [-0.39, 0.29) is 24.0 Å². The highest BCUT2D eigenvalue weighted by Gasteiger charge is 2.26. The quantitative estimate of drug-likeness (QED) is 0.243. The van der Waals surface area contributed by atoms with Gasteiger partial charge in [-0.05, 0) is 50.2 Å². The van der Waals surface area contributed by atoms with Gasteiger partial charge in [-0.1, -0.05) is 47.6 Å². The van der Waals surface area contributed by atoms with Crippen LogP contribution in [0.5, 0.6) is 0 Å². The van der Waals surface area contributed by atoms with Crippen molar-refractivity contribution in [3.8, 4) is 0 Å². The van der Waals surface area contributed by atoms with Crippen molar-refractivity contribution < 1.29 is 0 Å². The maximum atomic E-state index is 13.3. The number of nitrogens with zero attached hydrogens (tertiary/aromatic N) is 5. The normalized spacial score (nSPS) is 16.8. The molecule has 0 aliphatic carbocycles. The molecule has 0 radical (unpaired) electrons. The van der Waals surface area contributed by atoms with E-state index >= 15 is 0 Å². The summed E-state index contributed by atoms with van der Waals surface area (Å²) in [6.45, 7) is 1.68. The maximum Gasteiger partial charge on any atom is 0.332 e. The molecule has 1 atom stereocenters. The molecule has 10 heteroatoms. The van der Waals surface area contributed by atoms with Crippen molar-refractivity contribution in [3.63, 3.8) is 0 Å². The van der Waals surface area contributed by atoms with Gasteiger partial charge >= 0.3 is 5.69 Å². The molecule has 1 fully saturated rings. The molecule has 3 heterocycles. The molecule has 1 unspecified atom stereocenters. The average Bonchev–Trinajstić information content (AvgIpc) is 3.25. The molecule has 1 saturated heterocycles. The molecular weight excluding hydrogens is 472 g/mol. The second kappa shape index (κ2) is 10.6. The van der Waals surface area contributed by atoms with Crippen LogP contribution in [0.3, 0.4) is 0 Å². The third-order valence-corrected chi connectivity index (χ3v) is 7.27. The Kier molecular flexibility index (Phi) is 7.55. The first-order valence-electron chi connectivity index (χ1n) is 11.0. The number of benzene rings is 1. The fourth-order valence-electron chi connectivity index (χ4n) is 4.01. The van der Waals surface area contributed by atoms with E-state index in [1.54, 1.807) is 12.3 Å². The maximum absolute atomic E-state index is 13.3. The van der Waals surface area contributed by atoms with Gasteiger partial charge in [0, 0.05) is 30.7 Å². The van der Waals surface area contributed by atoms with Crippen molar-refractivity contribution in [2.24, 2.45) is 12.0 Å². The molecule has 4 rings (SSSR count). The van der Waals surface area contributed by atoms with Gasteiger partial charge in [-0.3, -0.25) is 18.9 Å². The Hall–Kier alpha value is -2.88. The van der Waals surface area contributed by atoms with E-state index in [4.69, 9.17) is 22.3 Å². The minimum Gasteiger partial charge on any atom is -0.384 e. The van der Waals surface area contributed by atoms with Crippen LogP contribution in [-0.2, 0) is 20.1 Å². The SMILES string of the molecule is CN1CCCC1Cn1c(N)c(C(=NCc2ccc(Cl)nc2)Sc2ccccc2)c(=O)n(C)c1=O. The lowest BCUT2D eigenvalue weighted by atomic mass is 10.2. The van der Waals surface area contributed by atoms with E-state index in [0.717, 1.165) is 34.4 Å². The van der Waals surface area contributed by atoms with E-state index in [2.05, 4.69) is 9.88 Å². The molecule has 2 aromatic heterocycles. The minimum atomic E-state index is -0.463. The van der Waals surface area contributed by atoms with Crippen LogP contribution >= 0.6 is 23.4 Å². The van der Waals surface area contributed by atoms with Crippen LogP contribution in [0.25, 0.3) is 0 Å². The number of hydrogen-bond donors (Lipinski definition) is 1. The second-order valence-electron chi connectivity index (χ2n) is 8.32. The summed E-state index contributed by atoms with van der Waals surface area (Å²) in [6, 6.07) is 13.4. The van der Waals surface area contributed by atoms with Crippen LogP contribution in [0.15, 0.2) is 68.1 Å². The number of hydrogen-bond acceptors (Lipinski definition) is 7.